The standard InChI is InChI=1S/C25H29ClN4O2S/c1-28-22-8-7-20(26)15-21(22)23(16-25(28)32)33-18-24(31)27-9-10-29-11-13-30(14-12-29)17-19-5-3-2-4-6-19/h2-8,15-16H,9-14,17-18H2,1H3,(H,27,31). The van der Waals surface area contributed by atoms with E-state index in [-0.39, 0.29) is 17.2 Å². The zero-order valence-corrected chi connectivity index (χ0v) is 20.4. The van der Waals surface area contributed by atoms with Gasteiger partial charge in [0.15, 0.2) is 0 Å². The van der Waals surface area contributed by atoms with Crippen LogP contribution in [0, 0.1) is 0 Å². The summed E-state index contributed by atoms with van der Waals surface area (Å²) in [4.78, 5) is 30.3. The molecule has 0 spiro atoms. The fourth-order valence-electron chi connectivity index (χ4n) is 4.08. The highest BCUT2D eigenvalue weighted by Crippen LogP contribution is 2.28. The first-order valence-corrected chi connectivity index (χ1v) is 12.5. The minimum atomic E-state index is -0.0980. The second-order valence-corrected chi connectivity index (χ2v) is 9.76. The average Bonchev–Trinajstić information content (AvgIpc) is 2.82. The van der Waals surface area contributed by atoms with Gasteiger partial charge in [-0.25, -0.2) is 0 Å². The molecule has 174 valence electrons. The lowest BCUT2D eigenvalue weighted by molar-refractivity contribution is -0.118. The fourth-order valence-corrected chi connectivity index (χ4v) is 5.15. The number of carbonyl (C=O) groups is 1. The molecule has 0 radical (unpaired) electrons. The molecule has 2 aromatic carbocycles. The molecule has 0 bridgehead atoms. The third kappa shape index (κ3) is 6.38. The zero-order chi connectivity index (χ0) is 23.2. The van der Waals surface area contributed by atoms with Crippen molar-refractivity contribution in [2.24, 2.45) is 7.05 Å². The minimum absolute atomic E-state index is 0.0291. The van der Waals surface area contributed by atoms with E-state index in [2.05, 4.69) is 39.4 Å². The van der Waals surface area contributed by atoms with Crippen LogP contribution in [-0.4, -0.2) is 65.3 Å². The lowest BCUT2D eigenvalue weighted by atomic mass is 10.2. The first kappa shape index (κ1) is 23.8. The van der Waals surface area contributed by atoms with Gasteiger partial charge in [-0.3, -0.25) is 19.4 Å². The van der Waals surface area contributed by atoms with Crippen LogP contribution in [0.5, 0.6) is 0 Å². The quantitative estimate of drug-likeness (QED) is 0.497. The Morgan fingerprint density at radius 1 is 1.03 bits per heavy atom. The number of nitrogens with one attached hydrogen (secondary N) is 1. The molecule has 0 aliphatic carbocycles. The number of nitrogens with zero attached hydrogens (tertiary/aromatic N) is 3. The van der Waals surface area contributed by atoms with E-state index < -0.39 is 0 Å². The number of halogens is 1. The molecule has 1 saturated heterocycles. The third-order valence-electron chi connectivity index (χ3n) is 5.99. The van der Waals surface area contributed by atoms with E-state index >= 15 is 0 Å². The second kappa shape index (κ2) is 11.2. The third-order valence-corrected chi connectivity index (χ3v) is 7.28. The van der Waals surface area contributed by atoms with Crippen molar-refractivity contribution in [1.82, 2.24) is 19.7 Å². The van der Waals surface area contributed by atoms with Crippen molar-refractivity contribution < 1.29 is 4.79 Å². The van der Waals surface area contributed by atoms with E-state index in [1.165, 1.54) is 17.3 Å². The number of rotatable bonds is 8. The summed E-state index contributed by atoms with van der Waals surface area (Å²) >= 11 is 7.53. The van der Waals surface area contributed by atoms with Gasteiger partial charge in [0, 0.05) is 74.2 Å². The number of aromatic nitrogens is 1. The number of piperazine rings is 1. The van der Waals surface area contributed by atoms with Crippen LogP contribution in [0.3, 0.4) is 0 Å². The summed E-state index contributed by atoms with van der Waals surface area (Å²) < 4.78 is 1.59. The van der Waals surface area contributed by atoms with Crippen molar-refractivity contribution in [1.29, 1.82) is 0 Å². The number of pyridine rings is 1. The molecule has 2 heterocycles. The van der Waals surface area contributed by atoms with Crippen molar-refractivity contribution in [2.75, 3.05) is 45.0 Å². The molecule has 1 aliphatic heterocycles. The molecular weight excluding hydrogens is 456 g/mol. The maximum Gasteiger partial charge on any atom is 0.251 e. The molecule has 1 N–H and O–H groups in total. The predicted octanol–water partition coefficient (Wildman–Crippen LogP) is 3.22. The summed E-state index contributed by atoms with van der Waals surface area (Å²) in [6, 6.07) is 17.6. The first-order valence-electron chi connectivity index (χ1n) is 11.2. The van der Waals surface area contributed by atoms with Crippen molar-refractivity contribution in [3.63, 3.8) is 0 Å². The second-order valence-electron chi connectivity index (χ2n) is 8.31. The van der Waals surface area contributed by atoms with Crippen molar-refractivity contribution in [3.8, 4) is 0 Å². The highest BCUT2D eigenvalue weighted by Gasteiger charge is 2.17. The normalized spacial score (nSPS) is 15.1. The largest absolute Gasteiger partial charge is 0.354 e. The molecule has 8 heteroatoms. The van der Waals surface area contributed by atoms with E-state index in [0.29, 0.717) is 11.6 Å². The summed E-state index contributed by atoms with van der Waals surface area (Å²) in [6.07, 6.45) is 0. The van der Waals surface area contributed by atoms with Crippen LogP contribution >= 0.6 is 23.4 Å². The molecule has 1 amide bonds. The lowest BCUT2D eigenvalue weighted by Gasteiger charge is -2.34. The number of hydrogen-bond acceptors (Lipinski definition) is 5. The number of fused-ring (bicyclic) bond motifs is 1. The van der Waals surface area contributed by atoms with Gasteiger partial charge in [-0.1, -0.05) is 41.9 Å². The number of hydrogen-bond donors (Lipinski definition) is 1. The molecule has 0 unspecified atom stereocenters. The van der Waals surface area contributed by atoms with Gasteiger partial charge >= 0.3 is 0 Å². The number of thioether (sulfide) groups is 1. The van der Waals surface area contributed by atoms with E-state index in [0.717, 1.165) is 55.1 Å². The van der Waals surface area contributed by atoms with E-state index in [9.17, 15) is 9.59 Å². The Morgan fingerprint density at radius 3 is 2.52 bits per heavy atom. The topological polar surface area (TPSA) is 57.6 Å². The summed E-state index contributed by atoms with van der Waals surface area (Å²) in [7, 11) is 1.74. The Morgan fingerprint density at radius 2 is 1.76 bits per heavy atom. The number of aryl methyl sites for hydroxylation is 1. The molecule has 4 rings (SSSR count). The van der Waals surface area contributed by atoms with Gasteiger partial charge in [0.2, 0.25) is 5.91 Å². The van der Waals surface area contributed by atoms with Gasteiger partial charge in [-0.2, -0.15) is 0 Å². The van der Waals surface area contributed by atoms with Crippen LogP contribution in [0.4, 0.5) is 0 Å². The monoisotopic (exact) mass is 484 g/mol. The minimum Gasteiger partial charge on any atom is -0.354 e. The maximum absolute atomic E-state index is 12.4. The summed E-state index contributed by atoms with van der Waals surface area (Å²) in [6.45, 7) is 6.57. The van der Waals surface area contributed by atoms with Crippen molar-refractivity contribution in [2.45, 2.75) is 11.4 Å². The van der Waals surface area contributed by atoms with Gasteiger partial charge in [0.1, 0.15) is 0 Å². The van der Waals surface area contributed by atoms with Gasteiger partial charge < -0.3 is 9.88 Å². The van der Waals surface area contributed by atoms with E-state index in [1.54, 1.807) is 23.7 Å². The Balaban J connectivity index is 1.21. The van der Waals surface area contributed by atoms with Crippen LogP contribution in [0.2, 0.25) is 5.02 Å². The molecule has 0 atom stereocenters. The maximum atomic E-state index is 12.4. The summed E-state index contributed by atoms with van der Waals surface area (Å²) in [5, 5.41) is 4.50. The molecule has 33 heavy (non-hydrogen) atoms. The van der Waals surface area contributed by atoms with Crippen LogP contribution in [-0.2, 0) is 18.4 Å². The molecule has 1 fully saturated rings. The van der Waals surface area contributed by atoms with Crippen LogP contribution in [0.15, 0.2) is 64.3 Å². The molecule has 1 aliphatic rings. The van der Waals surface area contributed by atoms with Crippen LogP contribution in [0.25, 0.3) is 10.9 Å². The Kier molecular flexibility index (Phi) is 8.09. The lowest BCUT2D eigenvalue weighted by Crippen LogP contribution is -2.48. The van der Waals surface area contributed by atoms with Gasteiger partial charge in [0.05, 0.1) is 11.3 Å². The average molecular weight is 485 g/mol. The summed E-state index contributed by atoms with van der Waals surface area (Å²) in [5.41, 5.74) is 2.06. The smallest absolute Gasteiger partial charge is 0.251 e. The van der Waals surface area contributed by atoms with Gasteiger partial charge in [-0.15, -0.1) is 11.8 Å². The fraction of sp³-hybridized carbons (Fsp3) is 0.360. The van der Waals surface area contributed by atoms with Gasteiger partial charge in [-0.05, 0) is 23.8 Å². The predicted molar refractivity (Wildman–Crippen MR) is 136 cm³/mol. The van der Waals surface area contributed by atoms with Crippen LogP contribution < -0.4 is 10.9 Å². The molecular formula is C25H29ClN4O2S. The Hall–Kier alpha value is -2.32. The number of amides is 1. The molecule has 6 nitrogen and oxygen atoms in total. The SMILES string of the molecule is Cn1c(=O)cc(SCC(=O)NCCN2CCN(Cc3ccccc3)CC2)c2cc(Cl)ccc21. The highest BCUT2D eigenvalue weighted by atomic mass is 35.5. The van der Waals surface area contributed by atoms with E-state index in [4.69, 9.17) is 11.6 Å². The van der Waals surface area contributed by atoms with Crippen molar-refractivity contribution in [3.05, 3.63) is 75.5 Å². The Labute approximate surface area is 203 Å². The number of benzene rings is 2. The van der Waals surface area contributed by atoms with Crippen LogP contribution in [0.1, 0.15) is 5.56 Å². The van der Waals surface area contributed by atoms with Crippen molar-refractivity contribution >= 4 is 40.2 Å². The molecule has 1 aromatic heterocycles. The van der Waals surface area contributed by atoms with Gasteiger partial charge in [0.25, 0.3) is 5.56 Å². The Bertz CT molecular complexity index is 1160. The zero-order valence-electron chi connectivity index (χ0n) is 18.8. The number of carbonyl (C=O) groups excluding carboxylic acids is 1. The molecule has 3 aromatic rings. The molecule has 0 saturated carbocycles. The van der Waals surface area contributed by atoms with E-state index in [1.807, 2.05) is 18.2 Å². The highest BCUT2D eigenvalue weighted by molar-refractivity contribution is 8.00. The first-order chi connectivity index (χ1) is 16.0. The summed E-state index contributed by atoms with van der Waals surface area (Å²) in [5.74, 6) is 0.234.